The number of aryl methyl sites for hydroxylation is 1. The molecule has 232 valence electrons. The number of benzene rings is 4. The maximum absolute atomic E-state index is 13.3. The first-order valence-corrected chi connectivity index (χ1v) is 17.8. The summed E-state index contributed by atoms with van der Waals surface area (Å²) in [5.74, 6) is 2.55. The maximum atomic E-state index is 13.3. The molecule has 44 heavy (non-hydrogen) atoms. The van der Waals surface area contributed by atoms with Gasteiger partial charge in [-0.2, -0.15) is 0 Å². The number of hydrogen-bond donors (Lipinski definition) is 3. The van der Waals surface area contributed by atoms with Crippen LogP contribution in [0.1, 0.15) is 48.8 Å². The number of carbonyl (C=O) groups excluding carboxylic acids is 1. The fourth-order valence-corrected chi connectivity index (χ4v) is 8.04. The Bertz CT molecular complexity index is 1550. The van der Waals surface area contributed by atoms with E-state index in [-0.39, 0.29) is 23.4 Å². The Morgan fingerprint density at radius 2 is 1.80 bits per heavy atom. The van der Waals surface area contributed by atoms with Gasteiger partial charge in [-0.25, -0.2) is 0 Å². The van der Waals surface area contributed by atoms with Crippen molar-refractivity contribution >= 4 is 38.1 Å². The van der Waals surface area contributed by atoms with Crippen LogP contribution in [-0.4, -0.2) is 48.2 Å². The lowest BCUT2D eigenvalue weighted by Gasteiger charge is -2.21. The minimum atomic E-state index is -0.120. The van der Waals surface area contributed by atoms with Crippen molar-refractivity contribution in [3.63, 3.8) is 0 Å². The lowest BCUT2D eigenvalue weighted by Crippen LogP contribution is -2.27. The fourth-order valence-electron chi connectivity index (χ4n) is 5.78. The number of aromatic hydroxyl groups is 2. The minimum absolute atomic E-state index is 0.0594. The number of carbonyl (C=O) groups is 1. The van der Waals surface area contributed by atoms with Crippen molar-refractivity contribution in [2.75, 3.05) is 26.1 Å². The topological polar surface area (TPSA) is 88.0 Å². The molecule has 1 aliphatic heterocycles. The smallest absolute Gasteiger partial charge is 0.168 e. The zero-order valence-electron chi connectivity index (χ0n) is 25.2. The number of ketones is 1. The number of Topliss-reactive ketones (excluding diaryl/α,β-unsaturated/α-hetero) is 1. The van der Waals surface area contributed by atoms with Crippen LogP contribution in [0, 0.1) is 0 Å². The highest BCUT2D eigenvalue weighted by molar-refractivity contribution is 8.76. The molecule has 1 atom stereocenters. The molecule has 0 radical (unpaired) electrons. The van der Waals surface area contributed by atoms with Gasteiger partial charge in [0.05, 0.1) is 19.9 Å². The molecular weight excluding hydrogens is 591 g/mol. The third-order valence-electron chi connectivity index (χ3n) is 8.09. The molecule has 6 nitrogen and oxygen atoms in total. The summed E-state index contributed by atoms with van der Waals surface area (Å²) in [7, 11) is 5.20. The van der Waals surface area contributed by atoms with Crippen molar-refractivity contribution < 1.29 is 24.5 Å². The van der Waals surface area contributed by atoms with Gasteiger partial charge in [0.2, 0.25) is 0 Å². The van der Waals surface area contributed by atoms with Crippen LogP contribution in [0.2, 0.25) is 0 Å². The molecule has 3 N–H and O–H groups in total. The van der Waals surface area contributed by atoms with E-state index in [9.17, 15) is 15.0 Å². The highest BCUT2D eigenvalue weighted by Crippen LogP contribution is 2.45. The molecule has 8 heteroatoms. The summed E-state index contributed by atoms with van der Waals surface area (Å²) in [6, 6.07) is 23.5. The predicted molar refractivity (Wildman–Crippen MR) is 183 cm³/mol. The molecule has 0 unspecified atom stereocenters. The van der Waals surface area contributed by atoms with Crippen molar-refractivity contribution in [1.82, 2.24) is 5.32 Å². The van der Waals surface area contributed by atoms with Crippen molar-refractivity contribution in [2.24, 2.45) is 0 Å². The summed E-state index contributed by atoms with van der Waals surface area (Å²) in [4.78, 5) is 13.3. The van der Waals surface area contributed by atoms with Gasteiger partial charge in [-0.15, -0.1) is 0 Å². The number of fused-ring (bicyclic) bond motifs is 5. The van der Waals surface area contributed by atoms with E-state index in [2.05, 4.69) is 35.6 Å². The first-order chi connectivity index (χ1) is 21.5. The zero-order chi connectivity index (χ0) is 30.7. The predicted octanol–water partition coefficient (Wildman–Crippen LogP) is 8.06. The number of ether oxygens (including phenoxy) is 2. The Hall–Kier alpha value is -3.17. The molecule has 0 spiro atoms. The van der Waals surface area contributed by atoms with Crippen LogP contribution in [0.25, 0.3) is 21.9 Å². The molecule has 1 heterocycles. The van der Waals surface area contributed by atoms with Crippen LogP contribution in [0.15, 0.2) is 72.8 Å². The Balaban J connectivity index is 1.36. The van der Waals surface area contributed by atoms with Crippen molar-refractivity contribution in [1.29, 1.82) is 0 Å². The third-order valence-corrected chi connectivity index (χ3v) is 10.5. The zero-order valence-corrected chi connectivity index (χ0v) is 26.9. The van der Waals surface area contributed by atoms with Crippen LogP contribution in [0.3, 0.4) is 0 Å². The van der Waals surface area contributed by atoms with Gasteiger partial charge in [0, 0.05) is 36.5 Å². The third kappa shape index (κ3) is 8.51. The number of hydrogen-bond acceptors (Lipinski definition) is 8. The highest BCUT2D eigenvalue weighted by Gasteiger charge is 2.22. The summed E-state index contributed by atoms with van der Waals surface area (Å²) in [5, 5.41) is 26.5. The fraction of sp³-hybridized carbons (Fsp3) is 0.361. The molecule has 0 aromatic heterocycles. The molecule has 5 rings (SSSR count). The van der Waals surface area contributed by atoms with E-state index in [4.69, 9.17) is 9.47 Å². The van der Waals surface area contributed by atoms with E-state index in [0.717, 1.165) is 76.8 Å². The molecule has 0 aliphatic carbocycles. The second-order valence-corrected chi connectivity index (χ2v) is 13.7. The lowest BCUT2D eigenvalue weighted by atomic mass is 9.89. The molecule has 0 saturated heterocycles. The Labute approximate surface area is 268 Å². The van der Waals surface area contributed by atoms with Gasteiger partial charge in [0.1, 0.15) is 11.5 Å². The van der Waals surface area contributed by atoms with Gasteiger partial charge in [0.15, 0.2) is 11.5 Å². The summed E-state index contributed by atoms with van der Waals surface area (Å²) >= 11 is 0. The number of phenolic OH excluding ortho intramolecular Hbond substituents is 2. The molecular formula is C36H41NO5S2. The van der Waals surface area contributed by atoms with Crippen LogP contribution >= 0.6 is 21.6 Å². The second-order valence-electron chi connectivity index (χ2n) is 11.1. The SMILES string of the molecule is COc1c(O)ccc2c1-c1ccc3ccc(O)cc3c1CSSCCCC[C@@H](OCNCCc1ccccc1)CC(=O)CC2. The second kappa shape index (κ2) is 16.2. The van der Waals surface area contributed by atoms with E-state index >= 15 is 0 Å². The number of rotatable bonds is 7. The summed E-state index contributed by atoms with van der Waals surface area (Å²) in [6.45, 7) is 1.25. The standard InChI is InChI=1S/C36H41NO5S2/c1-41-36-34(40)17-13-27-11-15-28(38)21-30(42-24-37-19-18-25-7-3-2-4-8-25)9-5-6-20-43-44-23-33-31(35(27)36)16-12-26-10-14-29(39)22-32(26)33/h2-4,7-8,10,12-14,16-17,22,30,37,39-40H,5-6,9,11,15,18-21,23-24H2,1H3/t30-/m1/s1. The molecule has 0 saturated carbocycles. The van der Waals surface area contributed by atoms with Crippen molar-refractivity contribution in [3.05, 3.63) is 89.5 Å². The maximum Gasteiger partial charge on any atom is 0.168 e. The molecule has 1 aliphatic rings. The number of phenols is 2. The summed E-state index contributed by atoms with van der Waals surface area (Å²) in [5.41, 5.74) is 5.05. The minimum Gasteiger partial charge on any atom is -0.508 e. The first kappa shape index (κ1) is 32.2. The lowest BCUT2D eigenvalue weighted by molar-refractivity contribution is -0.122. The largest absolute Gasteiger partial charge is 0.508 e. The van der Waals surface area contributed by atoms with Crippen molar-refractivity contribution in [3.8, 4) is 28.4 Å². The summed E-state index contributed by atoms with van der Waals surface area (Å²) in [6.07, 6.45) is 4.98. The summed E-state index contributed by atoms with van der Waals surface area (Å²) < 4.78 is 12.0. The van der Waals surface area contributed by atoms with E-state index < -0.39 is 0 Å². The van der Waals surface area contributed by atoms with Crippen LogP contribution in [-0.2, 0) is 28.1 Å². The molecule has 0 bridgehead atoms. The van der Waals surface area contributed by atoms with Gasteiger partial charge in [0.25, 0.3) is 0 Å². The van der Waals surface area contributed by atoms with Gasteiger partial charge in [-0.05, 0) is 76.9 Å². The molecule has 0 fully saturated rings. The monoisotopic (exact) mass is 631 g/mol. The molecule has 4 aromatic rings. The average Bonchev–Trinajstić information content (AvgIpc) is 3.03. The van der Waals surface area contributed by atoms with Crippen molar-refractivity contribution in [2.45, 2.75) is 56.8 Å². The molecule has 0 amide bonds. The van der Waals surface area contributed by atoms with E-state index in [1.807, 2.05) is 41.1 Å². The van der Waals surface area contributed by atoms with Gasteiger partial charge in [-0.3, -0.25) is 10.1 Å². The van der Waals surface area contributed by atoms with Gasteiger partial charge < -0.3 is 19.7 Å². The van der Waals surface area contributed by atoms with Gasteiger partial charge in [-0.1, -0.05) is 82.6 Å². The van der Waals surface area contributed by atoms with E-state index in [1.54, 1.807) is 30.0 Å². The average molecular weight is 632 g/mol. The van der Waals surface area contributed by atoms with Gasteiger partial charge >= 0.3 is 0 Å². The highest BCUT2D eigenvalue weighted by atomic mass is 33.1. The van der Waals surface area contributed by atoms with Crippen LogP contribution < -0.4 is 10.1 Å². The Morgan fingerprint density at radius 3 is 2.64 bits per heavy atom. The van der Waals surface area contributed by atoms with E-state index in [1.165, 1.54) is 5.56 Å². The quantitative estimate of drug-likeness (QED) is 0.107. The Morgan fingerprint density at radius 1 is 0.955 bits per heavy atom. The molecule has 4 aromatic carbocycles. The normalized spacial score (nSPS) is 16.8. The number of methoxy groups -OCH3 is 1. The van der Waals surface area contributed by atoms with Crippen LogP contribution in [0.5, 0.6) is 17.2 Å². The first-order valence-electron chi connectivity index (χ1n) is 15.3. The van der Waals surface area contributed by atoms with Crippen LogP contribution in [0.4, 0.5) is 0 Å². The van der Waals surface area contributed by atoms with E-state index in [0.29, 0.717) is 31.7 Å². The Kier molecular flexibility index (Phi) is 11.9. The number of nitrogens with one attached hydrogen (secondary N) is 1.